The number of benzene rings is 1. The van der Waals surface area contributed by atoms with Crippen molar-refractivity contribution in [1.82, 2.24) is 23.6 Å². The van der Waals surface area contributed by atoms with Crippen molar-refractivity contribution in [2.24, 2.45) is 0 Å². The molecule has 188 valence electrons. The zero-order valence-electron chi connectivity index (χ0n) is 20.4. The number of amides is 1. The lowest BCUT2D eigenvalue weighted by molar-refractivity contribution is -0.136. The Morgan fingerprint density at radius 2 is 1.94 bits per heavy atom. The Balaban J connectivity index is 1.70. The van der Waals surface area contributed by atoms with E-state index >= 15 is 0 Å². The van der Waals surface area contributed by atoms with Gasteiger partial charge in [-0.25, -0.2) is 14.3 Å². The van der Waals surface area contributed by atoms with Crippen LogP contribution in [-0.2, 0) is 33.9 Å². The van der Waals surface area contributed by atoms with Crippen molar-refractivity contribution in [1.29, 1.82) is 0 Å². The van der Waals surface area contributed by atoms with Gasteiger partial charge in [0, 0.05) is 33.4 Å². The summed E-state index contributed by atoms with van der Waals surface area (Å²) >= 11 is 0. The fourth-order valence-corrected chi connectivity index (χ4v) is 4.47. The Labute approximate surface area is 203 Å². The Kier molecular flexibility index (Phi) is 8.14. The summed E-state index contributed by atoms with van der Waals surface area (Å²) in [5.74, 6) is -0.262. The molecule has 0 radical (unpaired) electrons. The van der Waals surface area contributed by atoms with Gasteiger partial charge in [0.2, 0.25) is 5.91 Å². The Hall–Kier alpha value is -3.24. The zero-order valence-corrected chi connectivity index (χ0v) is 20.4. The third kappa shape index (κ3) is 5.54. The number of rotatable bonds is 10. The maximum absolute atomic E-state index is 13.5. The molecule has 0 N–H and O–H groups in total. The van der Waals surface area contributed by atoms with Crippen LogP contribution < -0.4 is 11.2 Å². The lowest BCUT2D eigenvalue weighted by Gasteiger charge is -2.32. The third-order valence-corrected chi connectivity index (χ3v) is 6.29. The highest BCUT2D eigenvalue weighted by atomic mass is 16.5. The second-order valence-electron chi connectivity index (χ2n) is 8.82. The fraction of sp³-hybridized carbons (Fsp3) is 0.520. The van der Waals surface area contributed by atoms with Crippen LogP contribution in [0.15, 0.2) is 46.2 Å². The molecule has 3 heterocycles. The number of hydrogen-bond donors (Lipinski definition) is 0. The van der Waals surface area contributed by atoms with Crippen molar-refractivity contribution >= 4 is 17.1 Å². The number of fused-ring (bicyclic) bond motifs is 1. The van der Waals surface area contributed by atoms with Crippen LogP contribution >= 0.6 is 0 Å². The van der Waals surface area contributed by atoms with E-state index in [1.54, 1.807) is 22.9 Å². The predicted octanol–water partition coefficient (Wildman–Crippen LogP) is 1.47. The maximum Gasteiger partial charge on any atom is 0.333 e. The summed E-state index contributed by atoms with van der Waals surface area (Å²) in [5, 5.41) is 0. The van der Waals surface area contributed by atoms with Gasteiger partial charge in [0.05, 0.1) is 25.6 Å². The molecular formula is C25H33N5O5. The molecule has 0 saturated carbocycles. The first kappa shape index (κ1) is 24.9. The molecule has 0 spiro atoms. The number of piperidine rings is 1. The summed E-state index contributed by atoms with van der Waals surface area (Å²) in [6.07, 6.45) is 4.17. The molecule has 1 unspecified atom stereocenters. The molecule has 1 fully saturated rings. The van der Waals surface area contributed by atoms with Gasteiger partial charge < -0.3 is 18.9 Å². The monoisotopic (exact) mass is 483 g/mol. The fourth-order valence-electron chi connectivity index (χ4n) is 4.47. The number of carbonyl (C=O) groups is 1. The van der Waals surface area contributed by atoms with Gasteiger partial charge in [0.25, 0.3) is 5.56 Å². The van der Waals surface area contributed by atoms with Crippen molar-refractivity contribution < 1.29 is 14.3 Å². The van der Waals surface area contributed by atoms with Gasteiger partial charge in [-0.1, -0.05) is 37.3 Å². The molecule has 2 aromatic heterocycles. The maximum atomic E-state index is 13.5. The Morgan fingerprint density at radius 3 is 2.69 bits per heavy atom. The van der Waals surface area contributed by atoms with Crippen molar-refractivity contribution in [2.45, 2.75) is 51.9 Å². The second kappa shape index (κ2) is 11.5. The normalized spacial score (nSPS) is 16.2. The summed E-state index contributed by atoms with van der Waals surface area (Å²) in [7, 11) is 1.58. The van der Waals surface area contributed by atoms with Crippen molar-refractivity contribution in [3.63, 3.8) is 0 Å². The van der Waals surface area contributed by atoms with Crippen LogP contribution in [0.1, 0.15) is 31.7 Å². The molecular weight excluding hydrogens is 450 g/mol. The Morgan fingerprint density at radius 1 is 1.14 bits per heavy atom. The molecule has 1 aliphatic heterocycles. The van der Waals surface area contributed by atoms with E-state index in [1.165, 1.54) is 4.57 Å². The molecule has 1 aromatic carbocycles. The van der Waals surface area contributed by atoms with E-state index in [-0.39, 0.29) is 30.6 Å². The summed E-state index contributed by atoms with van der Waals surface area (Å²) in [6.45, 7) is 4.47. The molecule has 4 rings (SSSR count). The minimum atomic E-state index is -0.549. The van der Waals surface area contributed by atoms with Gasteiger partial charge in [-0.05, 0) is 24.8 Å². The average molecular weight is 484 g/mol. The zero-order chi connectivity index (χ0) is 24.8. The third-order valence-electron chi connectivity index (χ3n) is 6.29. The molecule has 1 aliphatic rings. The number of aromatic nitrogens is 4. The quantitative estimate of drug-likeness (QED) is 0.433. The number of hydrogen-bond acceptors (Lipinski definition) is 6. The predicted molar refractivity (Wildman–Crippen MR) is 132 cm³/mol. The standard InChI is InChI=1S/C25H33N5O5/c1-3-13-35-20-10-7-11-27(16-20)21(31)17-30-24(32)22-23(26-18-28(22)12-14-34-2)29(25(30)33)15-19-8-5-4-6-9-19/h4-6,8-9,18,20H,3,7,10-17H2,1-2H3. The highest BCUT2D eigenvalue weighted by Gasteiger charge is 2.26. The summed E-state index contributed by atoms with van der Waals surface area (Å²) in [5.41, 5.74) is 0.410. The molecule has 0 aliphatic carbocycles. The minimum absolute atomic E-state index is 0.0166. The van der Waals surface area contributed by atoms with E-state index in [9.17, 15) is 14.4 Å². The van der Waals surface area contributed by atoms with Crippen LogP contribution in [0, 0.1) is 0 Å². The number of nitrogens with zero attached hydrogens (tertiary/aromatic N) is 5. The van der Waals surface area contributed by atoms with Gasteiger partial charge in [-0.2, -0.15) is 0 Å². The number of ether oxygens (including phenoxy) is 2. The van der Waals surface area contributed by atoms with Crippen LogP contribution in [0.5, 0.6) is 0 Å². The van der Waals surface area contributed by atoms with Crippen molar-refractivity contribution in [3.05, 3.63) is 63.1 Å². The molecule has 1 atom stereocenters. The van der Waals surface area contributed by atoms with Crippen LogP contribution in [0.4, 0.5) is 0 Å². The van der Waals surface area contributed by atoms with Crippen LogP contribution in [-0.4, -0.2) is 69.0 Å². The van der Waals surface area contributed by atoms with Gasteiger partial charge in [0.15, 0.2) is 11.2 Å². The van der Waals surface area contributed by atoms with Crippen molar-refractivity contribution in [2.75, 3.05) is 33.4 Å². The SMILES string of the molecule is CCCOC1CCCN(C(=O)Cn2c(=O)c3c(ncn3CCOC)n(Cc3ccccc3)c2=O)C1. The van der Waals surface area contributed by atoms with E-state index < -0.39 is 11.2 Å². The number of carbonyl (C=O) groups excluding carboxylic acids is 1. The number of likely N-dealkylation sites (tertiary alicyclic amines) is 1. The van der Waals surface area contributed by atoms with Gasteiger partial charge >= 0.3 is 5.69 Å². The first-order chi connectivity index (χ1) is 17.0. The topological polar surface area (TPSA) is 101 Å². The highest BCUT2D eigenvalue weighted by molar-refractivity contribution is 5.77. The molecule has 3 aromatic rings. The van der Waals surface area contributed by atoms with Gasteiger partial charge in [-0.15, -0.1) is 0 Å². The van der Waals surface area contributed by atoms with Crippen LogP contribution in [0.25, 0.3) is 11.2 Å². The Bertz CT molecular complexity index is 1260. The summed E-state index contributed by atoms with van der Waals surface area (Å²) in [4.78, 5) is 46.3. The lowest BCUT2D eigenvalue weighted by Crippen LogP contribution is -2.48. The smallest absolute Gasteiger partial charge is 0.333 e. The van der Waals surface area contributed by atoms with E-state index in [2.05, 4.69) is 4.98 Å². The molecule has 1 saturated heterocycles. The average Bonchev–Trinajstić information content (AvgIpc) is 3.31. The molecule has 35 heavy (non-hydrogen) atoms. The lowest BCUT2D eigenvalue weighted by atomic mass is 10.1. The first-order valence-corrected chi connectivity index (χ1v) is 12.1. The summed E-state index contributed by atoms with van der Waals surface area (Å²) < 4.78 is 15.2. The van der Waals surface area contributed by atoms with Crippen LogP contribution in [0.3, 0.4) is 0 Å². The van der Waals surface area contributed by atoms with E-state index in [0.29, 0.717) is 38.5 Å². The number of methoxy groups -OCH3 is 1. The molecule has 0 bridgehead atoms. The minimum Gasteiger partial charge on any atom is -0.383 e. The largest absolute Gasteiger partial charge is 0.383 e. The van der Waals surface area contributed by atoms with Gasteiger partial charge in [0.1, 0.15) is 6.54 Å². The number of imidazole rings is 1. The van der Waals surface area contributed by atoms with E-state index in [4.69, 9.17) is 9.47 Å². The van der Waals surface area contributed by atoms with Crippen molar-refractivity contribution in [3.8, 4) is 0 Å². The summed E-state index contributed by atoms with van der Waals surface area (Å²) in [6, 6.07) is 9.50. The molecule has 1 amide bonds. The van der Waals surface area contributed by atoms with Gasteiger partial charge in [-0.3, -0.25) is 14.2 Å². The van der Waals surface area contributed by atoms with E-state index in [1.807, 2.05) is 37.3 Å². The highest BCUT2D eigenvalue weighted by Crippen LogP contribution is 2.15. The van der Waals surface area contributed by atoms with Crippen LogP contribution in [0.2, 0.25) is 0 Å². The molecule has 10 nitrogen and oxygen atoms in total. The first-order valence-electron chi connectivity index (χ1n) is 12.1. The molecule has 10 heteroatoms. The van der Waals surface area contributed by atoms with E-state index in [0.717, 1.165) is 29.4 Å². The second-order valence-corrected chi connectivity index (χ2v) is 8.82.